The lowest BCUT2D eigenvalue weighted by Crippen LogP contribution is -2.31. The molecule has 3 aliphatic rings. The molecule has 3 aliphatic heterocycles. The standard InChI is InChI=1S/C10H11N5O/c11-10(16)15-2-1-7-6(5-15)3-12-9-8(7)4-13-14-9/h1-3,5,9,13-14H,4H2,(H2,11,16). The summed E-state index contributed by atoms with van der Waals surface area (Å²) in [5, 5.41) is 0. The summed E-state index contributed by atoms with van der Waals surface area (Å²) in [6.07, 6.45) is 7.02. The highest BCUT2D eigenvalue weighted by Gasteiger charge is 2.27. The van der Waals surface area contributed by atoms with Crippen molar-refractivity contribution in [2.45, 2.75) is 6.17 Å². The Morgan fingerprint density at radius 3 is 3.31 bits per heavy atom. The maximum atomic E-state index is 11.0. The van der Waals surface area contributed by atoms with Gasteiger partial charge in [-0.3, -0.25) is 15.3 Å². The molecule has 0 radical (unpaired) electrons. The van der Waals surface area contributed by atoms with E-state index >= 15 is 0 Å². The second-order valence-corrected chi connectivity index (χ2v) is 3.76. The summed E-state index contributed by atoms with van der Waals surface area (Å²) in [6.45, 7) is 0.760. The first-order valence-electron chi connectivity index (χ1n) is 4.98. The zero-order chi connectivity index (χ0) is 11.1. The van der Waals surface area contributed by atoms with Gasteiger partial charge in [-0.1, -0.05) is 0 Å². The summed E-state index contributed by atoms with van der Waals surface area (Å²) in [7, 11) is 0. The van der Waals surface area contributed by atoms with Crippen molar-refractivity contribution >= 4 is 12.2 Å². The van der Waals surface area contributed by atoms with Crippen molar-refractivity contribution in [1.82, 2.24) is 15.8 Å². The van der Waals surface area contributed by atoms with E-state index in [0.717, 1.165) is 17.7 Å². The van der Waals surface area contributed by atoms with Gasteiger partial charge in [0.1, 0.15) is 6.17 Å². The number of allylic oxidation sites excluding steroid dienone is 3. The van der Waals surface area contributed by atoms with E-state index in [1.54, 1.807) is 18.6 Å². The first-order valence-corrected chi connectivity index (χ1v) is 4.98. The minimum atomic E-state index is -0.494. The van der Waals surface area contributed by atoms with Gasteiger partial charge in [-0.2, -0.15) is 0 Å². The van der Waals surface area contributed by atoms with E-state index in [1.807, 2.05) is 6.08 Å². The van der Waals surface area contributed by atoms with Crippen molar-refractivity contribution in [2.75, 3.05) is 6.54 Å². The maximum Gasteiger partial charge on any atom is 0.322 e. The third-order valence-electron chi connectivity index (χ3n) is 2.80. The van der Waals surface area contributed by atoms with Gasteiger partial charge in [-0.25, -0.2) is 10.2 Å². The Morgan fingerprint density at radius 2 is 2.50 bits per heavy atom. The van der Waals surface area contributed by atoms with Gasteiger partial charge >= 0.3 is 6.03 Å². The summed E-state index contributed by atoms with van der Waals surface area (Å²) in [5.74, 6) is 0. The van der Waals surface area contributed by atoms with Gasteiger partial charge in [0.25, 0.3) is 0 Å². The van der Waals surface area contributed by atoms with Crippen molar-refractivity contribution < 1.29 is 4.79 Å². The number of urea groups is 1. The Labute approximate surface area is 92.2 Å². The number of nitrogens with one attached hydrogen (secondary N) is 2. The fraction of sp³-hybridized carbons (Fsp3) is 0.200. The molecule has 0 saturated carbocycles. The SMILES string of the molecule is NC(=O)N1C=CC2=C3CNNC3N=CC2=C1. The Kier molecular flexibility index (Phi) is 1.92. The quantitative estimate of drug-likeness (QED) is 0.516. The number of carbonyl (C=O) groups is 1. The number of primary amides is 1. The zero-order valence-electron chi connectivity index (χ0n) is 8.47. The average molecular weight is 217 g/mol. The van der Waals surface area contributed by atoms with E-state index in [0.29, 0.717) is 0 Å². The normalized spacial score (nSPS) is 26.6. The lowest BCUT2D eigenvalue weighted by Gasteiger charge is -2.23. The lowest BCUT2D eigenvalue weighted by atomic mass is 9.96. The van der Waals surface area contributed by atoms with Crippen LogP contribution >= 0.6 is 0 Å². The molecule has 1 saturated heterocycles. The molecule has 0 spiro atoms. The smallest absolute Gasteiger partial charge is 0.322 e. The third kappa shape index (κ3) is 1.28. The molecule has 6 nitrogen and oxygen atoms in total. The van der Waals surface area contributed by atoms with Crippen LogP contribution in [0.5, 0.6) is 0 Å². The number of nitrogens with two attached hydrogens (primary N) is 1. The van der Waals surface area contributed by atoms with Crippen LogP contribution in [0.2, 0.25) is 0 Å². The fourth-order valence-corrected chi connectivity index (χ4v) is 2.00. The van der Waals surface area contributed by atoms with Gasteiger partial charge in [0.2, 0.25) is 0 Å². The Balaban J connectivity index is 2.02. The number of hydrogen-bond donors (Lipinski definition) is 3. The van der Waals surface area contributed by atoms with Crippen molar-refractivity contribution in [3.8, 4) is 0 Å². The molecule has 3 rings (SSSR count). The van der Waals surface area contributed by atoms with Crippen LogP contribution in [0.1, 0.15) is 0 Å². The van der Waals surface area contributed by atoms with Gasteiger partial charge in [-0.05, 0) is 17.2 Å². The van der Waals surface area contributed by atoms with Crippen molar-refractivity contribution in [2.24, 2.45) is 10.7 Å². The first-order chi connectivity index (χ1) is 7.75. The number of hydrazine groups is 1. The summed E-state index contributed by atoms with van der Waals surface area (Å²) in [6, 6.07) is -0.494. The molecule has 4 N–H and O–H groups in total. The molecule has 1 fully saturated rings. The number of rotatable bonds is 0. The monoisotopic (exact) mass is 217 g/mol. The Bertz CT molecular complexity index is 474. The number of hydrogen-bond acceptors (Lipinski definition) is 4. The van der Waals surface area contributed by atoms with Gasteiger partial charge < -0.3 is 5.73 Å². The van der Waals surface area contributed by atoms with Crippen molar-refractivity contribution in [3.05, 3.63) is 35.2 Å². The number of amides is 2. The van der Waals surface area contributed by atoms with Gasteiger partial charge in [-0.15, -0.1) is 0 Å². The van der Waals surface area contributed by atoms with Crippen LogP contribution in [-0.2, 0) is 0 Å². The number of carbonyl (C=O) groups excluding carboxylic acids is 1. The van der Waals surface area contributed by atoms with E-state index in [9.17, 15) is 4.79 Å². The molecule has 0 aromatic carbocycles. The predicted molar refractivity (Wildman–Crippen MR) is 59.1 cm³/mol. The molecule has 1 atom stereocenters. The molecule has 0 bridgehead atoms. The van der Waals surface area contributed by atoms with E-state index in [4.69, 9.17) is 5.73 Å². The van der Waals surface area contributed by atoms with Crippen LogP contribution in [0, 0.1) is 0 Å². The average Bonchev–Trinajstić information content (AvgIpc) is 2.76. The highest BCUT2D eigenvalue weighted by atomic mass is 16.2. The zero-order valence-corrected chi connectivity index (χ0v) is 8.47. The molecule has 3 heterocycles. The minimum absolute atomic E-state index is 0.0110. The Morgan fingerprint density at radius 1 is 1.62 bits per heavy atom. The number of fused-ring (bicyclic) bond motifs is 2. The van der Waals surface area contributed by atoms with Crippen LogP contribution in [0.25, 0.3) is 0 Å². The summed E-state index contributed by atoms with van der Waals surface area (Å²) in [4.78, 5) is 16.7. The van der Waals surface area contributed by atoms with E-state index in [-0.39, 0.29) is 6.17 Å². The topological polar surface area (TPSA) is 82.8 Å². The van der Waals surface area contributed by atoms with Crippen molar-refractivity contribution in [3.63, 3.8) is 0 Å². The summed E-state index contributed by atoms with van der Waals surface area (Å²) in [5.41, 5.74) is 14.5. The van der Waals surface area contributed by atoms with Crippen LogP contribution in [0.4, 0.5) is 4.79 Å². The number of aliphatic imine (C=N–C) groups is 1. The largest absolute Gasteiger partial charge is 0.351 e. The van der Waals surface area contributed by atoms with E-state index in [1.165, 1.54) is 10.5 Å². The second-order valence-electron chi connectivity index (χ2n) is 3.76. The van der Waals surface area contributed by atoms with Crippen molar-refractivity contribution in [1.29, 1.82) is 0 Å². The molecule has 0 aromatic rings. The fourth-order valence-electron chi connectivity index (χ4n) is 2.00. The maximum absolute atomic E-state index is 11.0. The van der Waals surface area contributed by atoms with Gasteiger partial charge in [0.05, 0.1) is 0 Å². The van der Waals surface area contributed by atoms with Crippen LogP contribution in [0.15, 0.2) is 40.2 Å². The minimum Gasteiger partial charge on any atom is -0.351 e. The summed E-state index contributed by atoms with van der Waals surface area (Å²) >= 11 is 0. The molecular weight excluding hydrogens is 206 g/mol. The van der Waals surface area contributed by atoms with Gasteiger partial charge in [0, 0.05) is 30.7 Å². The first kappa shape index (κ1) is 9.32. The number of dihydropyridines is 1. The van der Waals surface area contributed by atoms with Crippen LogP contribution in [0.3, 0.4) is 0 Å². The van der Waals surface area contributed by atoms with E-state index < -0.39 is 6.03 Å². The molecule has 0 aliphatic carbocycles. The molecule has 2 amide bonds. The predicted octanol–water partition coefficient (Wildman–Crippen LogP) is -0.407. The second kappa shape index (κ2) is 3.29. The molecule has 82 valence electrons. The van der Waals surface area contributed by atoms with Gasteiger partial charge in [0.15, 0.2) is 0 Å². The molecule has 1 unspecified atom stereocenters. The van der Waals surface area contributed by atoms with Crippen LogP contribution in [-0.4, -0.2) is 29.9 Å². The Hall–Kier alpha value is -1.92. The molecule has 16 heavy (non-hydrogen) atoms. The van der Waals surface area contributed by atoms with Crippen LogP contribution < -0.4 is 16.6 Å². The van der Waals surface area contributed by atoms with E-state index in [2.05, 4.69) is 15.8 Å². The third-order valence-corrected chi connectivity index (χ3v) is 2.80. The molecule has 0 aromatic heterocycles. The molecular formula is C10H11N5O. The molecule has 6 heteroatoms. The highest BCUT2D eigenvalue weighted by Crippen LogP contribution is 2.27. The summed E-state index contributed by atoms with van der Waals surface area (Å²) < 4.78 is 0. The lowest BCUT2D eigenvalue weighted by molar-refractivity contribution is 0.235. The number of nitrogens with zero attached hydrogens (tertiary/aromatic N) is 2. The highest BCUT2D eigenvalue weighted by molar-refractivity contribution is 5.90.